The SMILES string of the molecule is C/C(CC(=O)Nc1ccccn1)=N/NC(=O)c1ccc(I)cc1. The summed E-state index contributed by atoms with van der Waals surface area (Å²) in [5, 5.41) is 6.59. The minimum atomic E-state index is -0.314. The van der Waals surface area contributed by atoms with Crippen molar-refractivity contribution in [3.8, 4) is 0 Å². The fourth-order valence-electron chi connectivity index (χ4n) is 1.71. The Morgan fingerprint density at radius 3 is 2.57 bits per heavy atom. The summed E-state index contributed by atoms with van der Waals surface area (Å²) < 4.78 is 1.05. The number of halogens is 1. The van der Waals surface area contributed by atoms with Crippen molar-refractivity contribution in [3.05, 3.63) is 57.8 Å². The number of hydrogen-bond acceptors (Lipinski definition) is 4. The van der Waals surface area contributed by atoms with Gasteiger partial charge in [0.1, 0.15) is 5.82 Å². The van der Waals surface area contributed by atoms with E-state index in [2.05, 4.69) is 43.4 Å². The number of aromatic nitrogens is 1. The van der Waals surface area contributed by atoms with Crippen LogP contribution in [0.1, 0.15) is 23.7 Å². The molecule has 1 heterocycles. The smallest absolute Gasteiger partial charge is 0.271 e. The standard InChI is InChI=1S/C16H15IN4O2/c1-11(10-15(22)19-14-4-2-3-9-18-14)20-21-16(23)12-5-7-13(17)8-6-12/h2-9H,10H2,1H3,(H,21,23)(H,18,19,22)/b20-11-. The largest absolute Gasteiger partial charge is 0.310 e. The fourth-order valence-corrected chi connectivity index (χ4v) is 2.07. The van der Waals surface area contributed by atoms with Gasteiger partial charge < -0.3 is 5.32 Å². The number of carbonyl (C=O) groups excluding carboxylic acids is 2. The minimum Gasteiger partial charge on any atom is -0.310 e. The van der Waals surface area contributed by atoms with Gasteiger partial charge in [-0.2, -0.15) is 5.10 Å². The first-order valence-electron chi connectivity index (χ1n) is 6.84. The lowest BCUT2D eigenvalue weighted by molar-refractivity contribution is -0.115. The van der Waals surface area contributed by atoms with Crippen molar-refractivity contribution in [2.45, 2.75) is 13.3 Å². The van der Waals surface area contributed by atoms with Crippen molar-refractivity contribution in [1.29, 1.82) is 0 Å². The van der Waals surface area contributed by atoms with Crippen LogP contribution in [-0.2, 0) is 4.79 Å². The van der Waals surface area contributed by atoms with E-state index in [0.717, 1.165) is 3.57 Å². The molecule has 0 spiro atoms. The van der Waals surface area contributed by atoms with E-state index in [1.165, 1.54) is 0 Å². The van der Waals surface area contributed by atoms with Crippen LogP contribution in [0.5, 0.6) is 0 Å². The molecule has 7 heteroatoms. The molecule has 23 heavy (non-hydrogen) atoms. The zero-order chi connectivity index (χ0) is 16.7. The zero-order valence-electron chi connectivity index (χ0n) is 12.4. The average molecular weight is 422 g/mol. The lowest BCUT2D eigenvalue weighted by Gasteiger charge is -2.05. The summed E-state index contributed by atoms with van der Waals surface area (Å²) in [6, 6.07) is 12.4. The molecule has 0 fully saturated rings. The summed E-state index contributed by atoms with van der Waals surface area (Å²) in [5.41, 5.74) is 3.45. The van der Waals surface area contributed by atoms with E-state index < -0.39 is 0 Å². The number of nitrogens with zero attached hydrogens (tertiary/aromatic N) is 2. The predicted molar refractivity (Wildman–Crippen MR) is 97.2 cm³/mol. The Bertz CT molecular complexity index is 715. The molecule has 1 aromatic carbocycles. The molecule has 0 atom stereocenters. The first-order valence-corrected chi connectivity index (χ1v) is 7.92. The maximum absolute atomic E-state index is 11.9. The number of hydrazone groups is 1. The van der Waals surface area contributed by atoms with Gasteiger partial charge in [0.05, 0.1) is 6.42 Å². The van der Waals surface area contributed by atoms with Gasteiger partial charge in [0.15, 0.2) is 0 Å². The number of carbonyl (C=O) groups is 2. The Labute approximate surface area is 147 Å². The number of pyridine rings is 1. The summed E-state index contributed by atoms with van der Waals surface area (Å²) >= 11 is 2.17. The van der Waals surface area contributed by atoms with Gasteiger partial charge in [-0.15, -0.1) is 0 Å². The second-order valence-electron chi connectivity index (χ2n) is 4.73. The van der Waals surface area contributed by atoms with Gasteiger partial charge >= 0.3 is 0 Å². The highest BCUT2D eigenvalue weighted by Crippen LogP contribution is 2.06. The monoisotopic (exact) mass is 422 g/mol. The molecular weight excluding hydrogens is 407 g/mol. The van der Waals surface area contributed by atoms with Crippen LogP contribution in [0.2, 0.25) is 0 Å². The number of amides is 2. The maximum Gasteiger partial charge on any atom is 0.271 e. The average Bonchev–Trinajstić information content (AvgIpc) is 2.54. The van der Waals surface area contributed by atoms with E-state index in [1.54, 1.807) is 43.5 Å². The summed E-state index contributed by atoms with van der Waals surface area (Å²) in [4.78, 5) is 27.7. The molecule has 2 aromatic rings. The molecule has 2 rings (SSSR count). The van der Waals surface area contributed by atoms with E-state index >= 15 is 0 Å². The molecule has 0 aliphatic heterocycles. The molecule has 2 N–H and O–H groups in total. The molecule has 0 unspecified atom stereocenters. The van der Waals surface area contributed by atoms with Gasteiger partial charge in [-0.05, 0) is 65.9 Å². The number of rotatable bonds is 5. The Balaban J connectivity index is 1.86. The zero-order valence-corrected chi connectivity index (χ0v) is 14.6. The quantitative estimate of drug-likeness (QED) is 0.442. The first kappa shape index (κ1) is 17.1. The Morgan fingerprint density at radius 2 is 1.91 bits per heavy atom. The molecular formula is C16H15IN4O2. The third-order valence-corrected chi connectivity index (χ3v) is 3.52. The summed E-state index contributed by atoms with van der Waals surface area (Å²) in [7, 11) is 0. The van der Waals surface area contributed by atoms with Crippen molar-refractivity contribution in [3.63, 3.8) is 0 Å². The van der Waals surface area contributed by atoms with Gasteiger partial charge in [0.25, 0.3) is 5.91 Å². The predicted octanol–water partition coefficient (Wildman–Crippen LogP) is 2.82. The fraction of sp³-hybridized carbons (Fsp3) is 0.125. The number of anilines is 1. The normalized spacial score (nSPS) is 11.0. The Kier molecular flexibility index (Phi) is 6.21. The van der Waals surface area contributed by atoms with Crippen molar-refractivity contribution < 1.29 is 9.59 Å². The van der Waals surface area contributed by atoms with Crippen LogP contribution in [0.3, 0.4) is 0 Å². The van der Waals surface area contributed by atoms with Crippen molar-refractivity contribution in [2.75, 3.05) is 5.32 Å². The van der Waals surface area contributed by atoms with Crippen LogP contribution in [0, 0.1) is 3.57 Å². The van der Waals surface area contributed by atoms with E-state index in [1.807, 2.05) is 12.1 Å². The Morgan fingerprint density at radius 1 is 1.17 bits per heavy atom. The van der Waals surface area contributed by atoms with Crippen LogP contribution in [0.4, 0.5) is 5.82 Å². The molecule has 0 saturated heterocycles. The van der Waals surface area contributed by atoms with Crippen LogP contribution in [-0.4, -0.2) is 22.5 Å². The third-order valence-electron chi connectivity index (χ3n) is 2.80. The van der Waals surface area contributed by atoms with Crippen molar-refractivity contribution in [1.82, 2.24) is 10.4 Å². The second kappa shape index (κ2) is 8.37. The second-order valence-corrected chi connectivity index (χ2v) is 5.98. The molecule has 2 amide bonds. The summed E-state index contributed by atoms with van der Waals surface area (Å²) in [5.74, 6) is -0.0763. The van der Waals surface area contributed by atoms with Crippen LogP contribution in [0.25, 0.3) is 0 Å². The van der Waals surface area contributed by atoms with E-state index in [4.69, 9.17) is 0 Å². The Hall–Kier alpha value is -2.29. The number of benzene rings is 1. The minimum absolute atomic E-state index is 0.0730. The van der Waals surface area contributed by atoms with Crippen LogP contribution in [0.15, 0.2) is 53.8 Å². The topological polar surface area (TPSA) is 83.4 Å². The molecule has 0 bridgehead atoms. The molecule has 6 nitrogen and oxygen atoms in total. The van der Waals surface area contributed by atoms with Crippen molar-refractivity contribution >= 4 is 45.9 Å². The summed E-state index contributed by atoms with van der Waals surface area (Å²) in [6.07, 6.45) is 1.67. The highest BCUT2D eigenvalue weighted by Gasteiger charge is 2.07. The first-order chi connectivity index (χ1) is 11.0. The molecule has 0 saturated carbocycles. The van der Waals surface area contributed by atoms with Crippen LogP contribution < -0.4 is 10.7 Å². The van der Waals surface area contributed by atoms with Crippen molar-refractivity contribution in [2.24, 2.45) is 5.10 Å². The molecule has 118 valence electrons. The number of hydrogen-bond donors (Lipinski definition) is 2. The van der Waals surface area contributed by atoms with Gasteiger partial charge in [-0.3, -0.25) is 9.59 Å². The number of nitrogens with one attached hydrogen (secondary N) is 2. The van der Waals surface area contributed by atoms with Gasteiger partial charge in [0, 0.05) is 21.0 Å². The highest BCUT2D eigenvalue weighted by molar-refractivity contribution is 14.1. The summed E-state index contributed by atoms with van der Waals surface area (Å²) in [6.45, 7) is 1.67. The van der Waals surface area contributed by atoms with Gasteiger partial charge in [-0.1, -0.05) is 6.07 Å². The highest BCUT2D eigenvalue weighted by atomic mass is 127. The molecule has 0 aliphatic carbocycles. The van der Waals surface area contributed by atoms with Gasteiger partial charge in [-0.25, -0.2) is 10.4 Å². The van der Waals surface area contributed by atoms with Crippen LogP contribution >= 0.6 is 22.6 Å². The lowest BCUT2D eigenvalue weighted by atomic mass is 10.2. The van der Waals surface area contributed by atoms with E-state index in [-0.39, 0.29) is 18.2 Å². The van der Waals surface area contributed by atoms with E-state index in [0.29, 0.717) is 17.1 Å². The third kappa shape index (κ3) is 5.78. The molecule has 1 aromatic heterocycles. The van der Waals surface area contributed by atoms with E-state index in [9.17, 15) is 9.59 Å². The molecule has 0 aliphatic rings. The lowest BCUT2D eigenvalue weighted by Crippen LogP contribution is -2.21. The maximum atomic E-state index is 11.9. The van der Waals surface area contributed by atoms with Gasteiger partial charge in [0.2, 0.25) is 5.91 Å². The molecule has 0 radical (unpaired) electrons.